The van der Waals surface area contributed by atoms with Gasteiger partial charge in [0.25, 0.3) is 5.91 Å². The van der Waals surface area contributed by atoms with Gasteiger partial charge >= 0.3 is 0 Å². The molecule has 1 N–H and O–H groups in total. The summed E-state index contributed by atoms with van der Waals surface area (Å²) in [4.78, 5) is 26.9. The molecule has 1 fully saturated rings. The van der Waals surface area contributed by atoms with E-state index in [9.17, 15) is 9.59 Å². The third kappa shape index (κ3) is 4.64. The molecule has 7 heteroatoms. The van der Waals surface area contributed by atoms with Crippen LogP contribution in [0.15, 0.2) is 72.8 Å². The Morgan fingerprint density at radius 2 is 1.77 bits per heavy atom. The highest BCUT2D eigenvalue weighted by Crippen LogP contribution is 2.39. The van der Waals surface area contributed by atoms with Crippen LogP contribution in [0.25, 0.3) is 0 Å². The summed E-state index contributed by atoms with van der Waals surface area (Å²) in [6.07, 6.45) is 0. The summed E-state index contributed by atoms with van der Waals surface area (Å²) >= 11 is 13.7. The normalized spacial score (nSPS) is 16.0. The molecule has 1 atom stereocenters. The molecule has 1 heterocycles. The fraction of sp³-hybridized carbons (Fsp3) is 0.130. The van der Waals surface area contributed by atoms with Crippen molar-refractivity contribution in [3.63, 3.8) is 0 Å². The minimum atomic E-state index is -0.276. The molecule has 0 unspecified atom stereocenters. The van der Waals surface area contributed by atoms with E-state index in [0.29, 0.717) is 33.6 Å². The monoisotopic (exact) mass is 456 g/mol. The third-order valence-corrected chi connectivity index (χ3v) is 6.62. The molecule has 2 amide bonds. The molecule has 1 aliphatic rings. The number of benzene rings is 3. The van der Waals surface area contributed by atoms with Crippen LogP contribution in [0.4, 0.5) is 5.69 Å². The maximum absolute atomic E-state index is 12.6. The zero-order valence-electron chi connectivity index (χ0n) is 15.8. The van der Waals surface area contributed by atoms with Gasteiger partial charge in [-0.25, -0.2) is 0 Å². The van der Waals surface area contributed by atoms with Crippen LogP contribution in [0.3, 0.4) is 0 Å². The van der Waals surface area contributed by atoms with Gasteiger partial charge in [0, 0.05) is 17.1 Å². The van der Waals surface area contributed by atoms with Gasteiger partial charge in [-0.05, 0) is 41.5 Å². The Labute approximate surface area is 189 Å². The average molecular weight is 457 g/mol. The Kier molecular flexibility index (Phi) is 6.32. The summed E-state index contributed by atoms with van der Waals surface area (Å²) in [5.74, 6) is 0.292. The van der Waals surface area contributed by atoms with Crippen molar-refractivity contribution in [1.82, 2.24) is 4.90 Å². The summed E-state index contributed by atoms with van der Waals surface area (Å²) < 4.78 is 0. The Hall–Kier alpha value is -2.47. The number of carbonyl (C=O) groups excluding carboxylic acids is 2. The van der Waals surface area contributed by atoms with Crippen LogP contribution < -0.4 is 5.32 Å². The molecule has 0 spiro atoms. The van der Waals surface area contributed by atoms with E-state index in [1.807, 2.05) is 47.4 Å². The summed E-state index contributed by atoms with van der Waals surface area (Å²) in [5, 5.41) is 3.62. The topological polar surface area (TPSA) is 49.4 Å². The van der Waals surface area contributed by atoms with Crippen LogP contribution in [-0.4, -0.2) is 22.5 Å². The SMILES string of the molecule is O=C(Nc1cc(Cl)ccc1Cl)c1ccc([C@H]2SCC(=O)N2Cc2ccccc2)cc1. The van der Waals surface area contributed by atoms with Crippen molar-refractivity contribution in [1.29, 1.82) is 0 Å². The molecule has 152 valence electrons. The van der Waals surface area contributed by atoms with Gasteiger partial charge in [-0.15, -0.1) is 11.8 Å². The lowest BCUT2D eigenvalue weighted by Crippen LogP contribution is -2.27. The van der Waals surface area contributed by atoms with Crippen LogP contribution in [0.1, 0.15) is 26.9 Å². The lowest BCUT2D eigenvalue weighted by molar-refractivity contribution is -0.128. The molecule has 0 aromatic heterocycles. The molecule has 0 radical (unpaired) electrons. The summed E-state index contributed by atoms with van der Waals surface area (Å²) in [6.45, 7) is 0.562. The number of hydrogen-bond donors (Lipinski definition) is 1. The van der Waals surface area contributed by atoms with E-state index in [2.05, 4.69) is 5.32 Å². The zero-order valence-corrected chi connectivity index (χ0v) is 18.2. The first-order chi connectivity index (χ1) is 14.5. The van der Waals surface area contributed by atoms with Crippen molar-refractivity contribution in [2.24, 2.45) is 0 Å². The molecule has 0 saturated carbocycles. The van der Waals surface area contributed by atoms with E-state index in [0.717, 1.165) is 11.1 Å². The number of thioether (sulfide) groups is 1. The number of anilines is 1. The van der Waals surface area contributed by atoms with Gasteiger partial charge in [-0.2, -0.15) is 0 Å². The second kappa shape index (κ2) is 9.13. The number of rotatable bonds is 5. The minimum absolute atomic E-state index is 0.0720. The minimum Gasteiger partial charge on any atom is -0.322 e. The Balaban J connectivity index is 1.49. The number of halogens is 2. The predicted octanol–water partition coefficient (Wildman–Crippen LogP) is 6.02. The lowest BCUT2D eigenvalue weighted by Gasteiger charge is -2.24. The van der Waals surface area contributed by atoms with Crippen LogP contribution in [0, 0.1) is 0 Å². The van der Waals surface area contributed by atoms with Crippen molar-refractivity contribution < 1.29 is 9.59 Å². The van der Waals surface area contributed by atoms with Crippen LogP contribution >= 0.6 is 35.0 Å². The summed E-state index contributed by atoms with van der Waals surface area (Å²) in [5.41, 5.74) is 3.04. The van der Waals surface area contributed by atoms with Gasteiger partial charge in [0.1, 0.15) is 5.37 Å². The van der Waals surface area contributed by atoms with Crippen LogP contribution in [-0.2, 0) is 11.3 Å². The molecular formula is C23H18Cl2N2O2S. The molecule has 3 aromatic carbocycles. The van der Waals surface area contributed by atoms with Gasteiger partial charge in [0.15, 0.2) is 0 Å². The number of nitrogens with one attached hydrogen (secondary N) is 1. The van der Waals surface area contributed by atoms with Gasteiger partial charge in [-0.3, -0.25) is 9.59 Å². The Bertz CT molecular complexity index is 1070. The molecule has 30 heavy (non-hydrogen) atoms. The first kappa shape index (κ1) is 20.8. The lowest BCUT2D eigenvalue weighted by atomic mass is 10.1. The smallest absolute Gasteiger partial charge is 0.255 e. The summed E-state index contributed by atoms with van der Waals surface area (Å²) in [7, 11) is 0. The predicted molar refractivity (Wildman–Crippen MR) is 123 cm³/mol. The molecule has 0 bridgehead atoms. The second-order valence-electron chi connectivity index (χ2n) is 6.87. The van der Waals surface area contributed by atoms with E-state index in [1.54, 1.807) is 42.1 Å². The van der Waals surface area contributed by atoms with Gasteiger partial charge in [-0.1, -0.05) is 65.7 Å². The molecule has 3 aromatic rings. The highest BCUT2D eigenvalue weighted by molar-refractivity contribution is 8.00. The van der Waals surface area contributed by atoms with E-state index < -0.39 is 0 Å². The fourth-order valence-corrected chi connectivity index (χ4v) is 4.79. The molecular weight excluding hydrogens is 439 g/mol. The molecule has 1 aliphatic heterocycles. The fourth-order valence-electron chi connectivity index (χ4n) is 3.27. The van der Waals surface area contributed by atoms with Gasteiger partial charge in [0.2, 0.25) is 5.91 Å². The van der Waals surface area contributed by atoms with Crippen LogP contribution in [0.2, 0.25) is 10.0 Å². The molecule has 0 aliphatic carbocycles. The average Bonchev–Trinajstić information content (AvgIpc) is 3.12. The largest absolute Gasteiger partial charge is 0.322 e. The number of amides is 2. The van der Waals surface area contributed by atoms with Gasteiger partial charge < -0.3 is 10.2 Å². The number of carbonyl (C=O) groups is 2. The Morgan fingerprint density at radius 1 is 1.03 bits per heavy atom. The first-order valence-corrected chi connectivity index (χ1v) is 11.1. The van der Waals surface area contributed by atoms with Crippen LogP contribution in [0.5, 0.6) is 0 Å². The summed E-state index contributed by atoms with van der Waals surface area (Å²) in [6, 6.07) is 22.1. The van der Waals surface area contributed by atoms with Crippen molar-refractivity contribution in [3.05, 3.63) is 99.5 Å². The zero-order chi connectivity index (χ0) is 21.1. The quantitative estimate of drug-likeness (QED) is 0.510. The van der Waals surface area contributed by atoms with E-state index in [4.69, 9.17) is 23.2 Å². The number of hydrogen-bond acceptors (Lipinski definition) is 3. The molecule has 4 rings (SSSR count). The van der Waals surface area contributed by atoms with Gasteiger partial charge in [0.05, 0.1) is 16.5 Å². The third-order valence-electron chi connectivity index (χ3n) is 4.80. The van der Waals surface area contributed by atoms with E-state index >= 15 is 0 Å². The van der Waals surface area contributed by atoms with Crippen molar-refractivity contribution in [2.75, 3.05) is 11.1 Å². The van der Waals surface area contributed by atoms with E-state index in [1.165, 1.54) is 0 Å². The maximum atomic E-state index is 12.6. The van der Waals surface area contributed by atoms with Crippen molar-refractivity contribution >= 4 is 52.5 Å². The second-order valence-corrected chi connectivity index (χ2v) is 8.78. The maximum Gasteiger partial charge on any atom is 0.255 e. The molecule has 1 saturated heterocycles. The first-order valence-electron chi connectivity index (χ1n) is 9.32. The Morgan fingerprint density at radius 3 is 2.50 bits per heavy atom. The number of nitrogens with zero attached hydrogens (tertiary/aromatic N) is 1. The molecule has 4 nitrogen and oxygen atoms in total. The highest BCUT2D eigenvalue weighted by Gasteiger charge is 2.32. The van der Waals surface area contributed by atoms with Crippen molar-refractivity contribution in [2.45, 2.75) is 11.9 Å². The standard InChI is InChI=1S/C23H18Cl2N2O2S/c24-18-10-11-19(25)20(12-18)26-22(29)16-6-8-17(9-7-16)23-27(21(28)14-30-23)13-15-4-2-1-3-5-15/h1-12,23H,13-14H2,(H,26,29)/t23-/m1/s1. The van der Waals surface area contributed by atoms with E-state index in [-0.39, 0.29) is 17.2 Å². The highest BCUT2D eigenvalue weighted by atomic mass is 35.5. The van der Waals surface area contributed by atoms with Crippen molar-refractivity contribution in [3.8, 4) is 0 Å².